The summed E-state index contributed by atoms with van der Waals surface area (Å²) in [5.74, 6) is -3.13. The van der Waals surface area contributed by atoms with Crippen LogP contribution in [0.25, 0.3) is 0 Å². The van der Waals surface area contributed by atoms with Gasteiger partial charge in [-0.05, 0) is 12.1 Å². The van der Waals surface area contributed by atoms with E-state index in [2.05, 4.69) is 4.98 Å². The lowest BCUT2D eigenvalue weighted by atomic mass is 10.2. The molecule has 2 N–H and O–H groups in total. The van der Waals surface area contributed by atoms with Crippen LogP contribution >= 0.6 is 0 Å². The van der Waals surface area contributed by atoms with Crippen molar-refractivity contribution in [1.82, 2.24) is 4.98 Å². The summed E-state index contributed by atoms with van der Waals surface area (Å²) < 4.78 is 0. The fourth-order valence-electron chi connectivity index (χ4n) is 0.778. The average Bonchev–Trinajstić information content (AvgIpc) is 2.19. The number of aliphatic carboxylic acids is 1. The lowest BCUT2D eigenvalue weighted by Gasteiger charge is -1.94. The normalized spacial score (nSPS) is 11.0. The van der Waals surface area contributed by atoms with Crippen LogP contribution in [-0.2, 0) is 4.79 Å². The molecule has 0 saturated heterocycles. The number of ketones is 1. The molecule has 0 spiro atoms. The summed E-state index contributed by atoms with van der Waals surface area (Å²) in [5, 5.41) is 17.1. The third-order valence-corrected chi connectivity index (χ3v) is 1.43. The van der Waals surface area contributed by atoms with Gasteiger partial charge in [0.1, 0.15) is 0 Å². The number of carboxylic acids is 1. The number of rotatable bonds is 3. The number of carboxylic acid groups (broad SMARTS) is 1. The highest BCUT2D eigenvalue weighted by molar-refractivity contribution is 6.07. The molecule has 14 heavy (non-hydrogen) atoms. The smallest absolute Gasteiger partial charge is 0.371 e. The first kappa shape index (κ1) is 9.91. The lowest BCUT2D eigenvalue weighted by Crippen LogP contribution is -2.03. The number of aliphatic hydroxyl groups is 1. The van der Waals surface area contributed by atoms with Gasteiger partial charge in [-0.3, -0.25) is 9.78 Å². The molecule has 0 fully saturated rings. The van der Waals surface area contributed by atoms with E-state index in [1.54, 1.807) is 6.07 Å². The number of carbonyl (C=O) groups excluding carboxylic acids is 1. The highest BCUT2D eigenvalue weighted by Crippen LogP contribution is 2.00. The van der Waals surface area contributed by atoms with Crippen molar-refractivity contribution in [3.8, 4) is 0 Å². The van der Waals surface area contributed by atoms with Crippen LogP contribution in [0.1, 0.15) is 10.4 Å². The minimum absolute atomic E-state index is 0.223. The van der Waals surface area contributed by atoms with Gasteiger partial charge in [0, 0.05) is 24.0 Å². The van der Waals surface area contributed by atoms with Crippen LogP contribution in [0.3, 0.4) is 0 Å². The predicted octanol–water partition coefficient (Wildman–Crippen LogP) is 0.791. The first-order valence-electron chi connectivity index (χ1n) is 3.69. The van der Waals surface area contributed by atoms with Crippen LogP contribution < -0.4 is 0 Å². The minimum atomic E-state index is -1.54. The van der Waals surface area contributed by atoms with Crippen molar-refractivity contribution in [2.45, 2.75) is 0 Å². The van der Waals surface area contributed by atoms with Gasteiger partial charge in [0.25, 0.3) is 0 Å². The Morgan fingerprint density at radius 1 is 1.36 bits per heavy atom. The molecule has 1 aromatic heterocycles. The molecule has 0 aliphatic heterocycles. The predicted molar refractivity (Wildman–Crippen MR) is 46.9 cm³/mol. The SMILES string of the molecule is O=C(O)C(O)=CC(=O)c1cccnc1. The fraction of sp³-hybridized carbons (Fsp3) is 0. The van der Waals surface area contributed by atoms with E-state index >= 15 is 0 Å². The van der Waals surface area contributed by atoms with E-state index in [0.29, 0.717) is 6.08 Å². The number of aliphatic hydroxyl groups excluding tert-OH is 1. The minimum Gasteiger partial charge on any atom is -0.502 e. The lowest BCUT2D eigenvalue weighted by molar-refractivity contribution is -0.135. The Balaban J connectivity index is 2.88. The molecule has 0 bridgehead atoms. The second-order valence-corrected chi connectivity index (χ2v) is 2.44. The molecule has 5 heteroatoms. The molecule has 72 valence electrons. The van der Waals surface area contributed by atoms with E-state index in [9.17, 15) is 9.59 Å². The topological polar surface area (TPSA) is 87.5 Å². The van der Waals surface area contributed by atoms with E-state index in [-0.39, 0.29) is 5.56 Å². The number of pyridine rings is 1. The van der Waals surface area contributed by atoms with Crippen molar-refractivity contribution in [3.63, 3.8) is 0 Å². The van der Waals surface area contributed by atoms with E-state index in [0.717, 1.165) is 0 Å². The number of hydrogen-bond donors (Lipinski definition) is 2. The van der Waals surface area contributed by atoms with Crippen LogP contribution in [0.5, 0.6) is 0 Å². The molecular formula is C9H7NO4. The van der Waals surface area contributed by atoms with E-state index in [4.69, 9.17) is 10.2 Å². The van der Waals surface area contributed by atoms with Gasteiger partial charge in [-0.2, -0.15) is 0 Å². The Hall–Kier alpha value is -2.17. The van der Waals surface area contributed by atoms with Gasteiger partial charge >= 0.3 is 5.97 Å². The zero-order valence-electron chi connectivity index (χ0n) is 7.04. The molecule has 0 unspecified atom stereocenters. The summed E-state index contributed by atoms with van der Waals surface area (Å²) in [6.07, 6.45) is 3.41. The van der Waals surface area contributed by atoms with E-state index in [1.165, 1.54) is 18.5 Å². The van der Waals surface area contributed by atoms with E-state index < -0.39 is 17.5 Å². The van der Waals surface area contributed by atoms with Crippen LogP contribution in [0.4, 0.5) is 0 Å². The Bertz CT molecular complexity index is 383. The summed E-state index contributed by atoms with van der Waals surface area (Å²) in [7, 11) is 0. The highest BCUT2D eigenvalue weighted by atomic mass is 16.4. The average molecular weight is 193 g/mol. The summed E-state index contributed by atoms with van der Waals surface area (Å²) in [6.45, 7) is 0. The molecule has 1 heterocycles. The Kier molecular flexibility index (Phi) is 2.96. The Morgan fingerprint density at radius 2 is 2.07 bits per heavy atom. The van der Waals surface area contributed by atoms with Crippen molar-refractivity contribution in [2.24, 2.45) is 0 Å². The number of nitrogens with zero attached hydrogens (tertiary/aromatic N) is 1. The van der Waals surface area contributed by atoms with Crippen molar-refractivity contribution >= 4 is 11.8 Å². The van der Waals surface area contributed by atoms with Crippen LogP contribution in [0, 0.1) is 0 Å². The summed E-state index contributed by atoms with van der Waals surface area (Å²) in [6, 6.07) is 3.01. The first-order valence-corrected chi connectivity index (χ1v) is 3.69. The number of aromatic nitrogens is 1. The molecule has 0 aliphatic rings. The van der Waals surface area contributed by atoms with Crippen LogP contribution in [0.15, 0.2) is 36.4 Å². The van der Waals surface area contributed by atoms with Gasteiger partial charge < -0.3 is 10.2 Å². The van der Waals surface area contributed by atoms with Gasteiger partial charge in [-0.15, -0.1) is 0 Å². The molecule has 0 saturated carbocycles. The summed E-state index contributed by atoms with van der Waals surface area (Å²) in [5.41, 5.74) is 0.223. The second kappa shape index (κ2) is 4.18. The number of hydrogen-bond acceptors (Lipinski definition) is 4. The highest BCUT2D eigenvalue weighted by Gasteiger charge is 2.08. The molecule has 0 atom stereocenters. The van der Waals surface area contributed by atoms with Crippen molar-refractivity contribution in [3.05, 3.63) is 41.9 Å². The Morgan fingerprint density at radius 3 is 2.57 bits per heavy atom. The quantitative estimate of drug-likeness (QED) is 0.421. The van der Waals surface area contributed by atoms with Gasteiger partial charge in [0.2, 0.25) is 5.76 Å². The molecule has 0 aliphatic carbocycles. The number of allylic oxidation sites excluding steroid dienone is 1. The summed E-state index contributed by atoms with van der Waals surface area (Å²) in [4.78, 5) is 25.1. The first-order chi connectivity index (χ1) is 6.61. The summed E-state index contributed by atoms with van der Waals surface area (Å²) >= 11 is 0. The molecule has 0 aromatic carbocycles. The maximum Gasteiger partial charge on any atom is 0.371 e. The maximum atomic E-state index is 11.2. The standard InChI is InChI=1S/C9H7NO4/c11-7(4-8(12)9(13)14)6-2-1-3-10-5-6/h1-5,12H,(H,13,14). The monoisotopic (exact) mass is 193 g/mol. The van der Waals surface area contributed by atoms with Gasteiger partial charge in [0.05, 0.1) is 0 Å². The van der Waals surface area contributed by atoms with Crippen molar-refractivity contribution in [1.29, 1.82) is 0 Å². The van der Waals surface area contributed by atoms with E-state index in [1.807, 2.05) is 0 Å². The molecular weight excluding hydrogens is 186 g/mol. The van der Waals surface area contributed by atoms with Gasteiger partial charge in [0.15, 0.2) is 5.78 Å². The maximum absolute atomic E-state index is 11.2. The molecule has 1 rings (SSSR count). The van der Waals surface area contributed by atoms with Crippen LogP contribution in [-0.4, -0.2) is 26.9 Å². The fourth-order valence-corrected chi connectivity index (χ4v) is 0.778. The van der Waals surface area contributed by atoms with Crippen molar-refractivity contribution < 1.29 is 19.8 Å². The van der Waals surface area contributed by atoms with Gasteiger partial charge in [-0.1, -0.05) is 0 Å². The zero-order chi connectivity index (χ0) is 10.6. The largest absolute Gasteiger partial charge is 0.502 e. The van der Waals surface area contributed by atoms with Crippen LogP contribution in [0.2, 0.25) is 0 Å². The third-order valence-electron chi connectivity index (χ3n) is 1.43. The van der Waals surface area contributed by atoms with Gasteiger partial charge in [-0.25, -0.2) is 4.79 Å². The van der Waals surface area contributed by atoms with Crippen molar-refractivity contribution in [2.75, 3.05) is 0 Å². The molecule has 5 nitrogen and oxygen atoms in total. The zero-order valence-corrected chi connectivity index (χ0v) is 7.04. The molecule has 0 radical (unpaired) electrons. The Labute approximate surface area is 79.3 Å². The molecule has 1 aromatic rings. The molecule has 0 amide bonds. The second-order valence-electron chi connectivity index (χ2n) is 2.44. The third kappa shape index (κ3) is 2.41. The number of carbonyl (C=O) groups is 2.